The first-order valence-corrected chi connectivity index (χ1v) is 4.03. The van der Waals surface area contributed by atoms with Gasteiger partial charge in [0.05, 0.1) is 6.61 Å². The van der Waals surface area contributed by atoms with Crippen molar-refractivity contribution in [2.24, 2.45) is 5.73 Å². The fourth-order valence-electron chi connectivity index (χ4n) is 0.848. The third kappa shape index (κ3) is 3.02. The largest absolute Gasteiger partial charge is 0.375 e. The van der Waals surface area contributed by atoms with Crippen LogP contribution in [0.5, 0.6) is 0 Å². The quantitative estimate of drug-likeness (QED) is 0.665. The number of nitrogens with two attached hydrogens (primary N) is 1. The van der Waals surface area contributed by atoms with Crippen LogP contribution < -0.4 is 5.73 Å². The molecule has 0 saturated carbocycles. The van der Waals surface area contributed by atoms with Crippen LogP contribution >= 0.6 is 0 Å². The molecule has 4 heteroatoms. The highest BCUT2D eigenvalue weighted by molar-refractivity contribution is 5.01. The number of aryl methyl sites for hydroxylation is 1. The summed E-state index contributed by atoms with van der Waals surface area (Å²) in [6.45, 7) is 3.72. The first-order chi connectivity index (χ1) is 5.83. The van der Waals surface area contributed by atoms with Gasteiger partial charge in [0.15, 0.2) is 0 Å². The Morgan fingerprint density at radius 1 is 1.67 bits per heavy atom. The summed E-state index contributed by atoms with van der Waals surface area (Å²) in [5.74, 6) is 0.812. The van der Waals surface area contributed by atoms with E-state index in [1.54, 1.807) is 0 Å². The number of hydrogen-bond acceptors (Lipinski definition) is 4. The van der Waals surface area contributed by atoms with Crippen LogP contribution in [0.4, 0.5) is 0 Å². The number of nitrogens with zero attached hydrogens (tertiary/aromatic N) is 1. The first kappa shape index (κ1) is 9.22. The molecule has 0 aliphatic heterocycles. The van der Waals surface area contributed by atoms with Crippen molar-refractivity contribution in [2.45, 2.75) is 20.0 Å². The lowest BCUT2D eigenvalue weighted by Gasteiger charge is -1.98. The lowest BCUT2D eigenvalue weighted by atomic mass is 10.4. The molecule has 0 amide bonds. The van der Waals surface area contributed by atoms with Crippen LogP contribution in [0.25, 0.3) is 0 Å². The van der Waals surface area contributed by atoms with Crippen molar-refractivity contribution in [3.05, 3.63) is 17.5 Å². The van der Waals surface area contributed by atoms with Crippen LogP contribution in [0.2, 0.25) is 0 Å². The third-order valence-electron chi connectivity index (χ3n) is 1.42. The minimum Gasteiger partial charge on any atom is -0.375 e. The van der Waals surface area contributed by atoms with Crippen molar-refractivity contribution < 1.29 is 9.26 Å². The van der Waals surface area contributed by atoms with E-state index in [-0.39, 0.29) is 0 Å². The summed E-state index contributed by atoms with van der Waals surface area (Å²) < 4.78 is 10.1. The Morgan fingerprint density at radius 2 is 2.50 bits per heavy atom. The lowest BCUT2D eigenvalue weighted by Crippen LogP contribution is -2.04. The smallest absolute Gasteiger partial charge is 0.134 e. The molecule has 1 aromatic rings. The van der Waals surface area contributed by atoms with E-state index in [1.807, 2.05) is 13.0 Å². The first-order valence-electron chi connectivity index (χ1n) is 4.03. The van der Waals surface area contributed by atoms with E-state index >= 15 is 0 Å². The van der Waals surface area contributed by atoms with E-state index < -0.39 is 0 Å². The van der Waals surface area contributed by atoms with Crippen molar-refractivity contribution in [1.82, 2.24) is 5.16 Å². The maximum Gasteiger partial charge on any atom is 0.134 e. The fraction of sp³-hybridized carbons (Fsp3) is 0.625. The average Bonchev–Trinajstić information content (AvgIpc) is 2.45. The van der Waals surface area contributed by atoms with Gasteiger partial charge >= 0.3 is 0 Å². The van der Waals surface area contributed by atoms with E-state index in [9.17, 15) is 0 Å². The Balaban J connectivity index is 2.15. The monoisotopic (exact) mass is 170 g/mol. The molecule has 0 unspecified atom stereocenters. The van der Waals surface area contributed by atoms with Crippen molar-refractivity contribution in [3.63, 3.8) is 0 Å². The molecule has 0 aromatic carbocycles. The summed E-state index contributed by atoms with van der Waals surface area (Å²) in [5, 5.41) is 3.78. The van der Waals surface area contributed by atoms with Crippen molar-refractivity contribution >= 4 is 0 Å². The lowest BCUT2D eigenvalue weighted by molar-refractivity contribution is 0.115. The van der Waals surface area contributed by atoms with Gasteiger partial charge in [-0.1, -0.05) is 5.16 Å². The Bertz CT molecular complexity index is 223. The summed E-state index contributed by atoms with van der Waals surface area (Å²) in [6.07, 6.45) is 0.886. The molecule has 12 heavy (non-hydrogen) atoms. The summed E-state index contributed by atoms with van der Waals surface area (Å²) in [6, 6.07) is 1.86. The molecule has 0 radical (unpaired) electrons. The van der Waals surface area contributed by atoms with Gasteiger partial charge < -0.3 is 15.0 Å². The molecule has 0 fully saturated rings. The average molecular weight is 170 g/mol. The van der Waals surface area contributed by atoms with Gasteiger partial charge in [0.1, 0.15) is 11.5 Å². The maximum atomic E-state index is 5.30. The van der Waals surface area contributed by atoms with E-state index in [0.717, 1.165) is 17.9 Å². The van der Waals surface area contributed by atoms with Gasteiger partial charge in [0.2, 0.25) is 0 Å². The molecule has 0 aliphatic carbocycles. The standard InChI is InChI=1S/C8H14N2O2/c1-7-5-8(10-12-7)6-11-4-2-3-9/h5H,2-4,6,9H2,1H3. The Hall–Kier alpha value is -0.870. The number of ether oxygens (including phenoxy) is 1. The summed E-state index contributed by atoms with van der Waals surface area (Å²) in [7, 11) is 0. The van der Waals surface area contributed by atoms with Gasteiger partial charge in [-0.25, -0.2) is 0 Å². The fourth-order valence-corrected chi connectivity index (χ4v) is 0.848. The molecule has 68 valence electrons. The normalized spacial score (nSPS) is 10.5. The van der Waals surface area contributed by atoms with Crippen LogP contribution in [0, 0.1) is 6.92 Å². The van der Waals surface area contributed by atoms with Crippen LogP contribution in [0.3, 0.4) is 0 Å². The SMILES string of the molecule is Cc1cc(COCCCN)no1. The highest BCUT2D eigenvalue weighted by atomic mass is 16.5. The Morgan fingerprint density at radius 3 is 3.08 bits per heavy atom. The van der Waals surface area contributed by atoms with Crippen molar-refractivity contribution in [1.29, 1.82) is 0 Å². The molecule has 1 rings (SSSR count). The van der Waals surface area contributed by atoms with Gasteiger partial charge in [-0.05, 0) is 19.9 Å². The minimum atomic E-state index is 0.511. The third-order valence-corrected chi connectivity index (χ3v) is 1.42. The molecule has 1 heterocycles. The maximum absolute atomic E-state index is 5.30. The highest BCUT2D eigenvalue weighted by Gasteiger charge is 1.98. The van der Waals surface area contributed by atoms with Crippen molar-refractivity contribution in [2.75, 3.05) is 13.2 Å². The van der Waals surface area contributed by atoms with Crippen LogP contribution in [-0.4, -0.2) is 18.3 Å². The summed E-state index contributed by atoms with van der Waals surface area (Å²) in [4.78, 5) is 0. The molecule has 2 N–H and O–H groups in total. The van der Waals surface area contributed by atoms with Gasteiger partial charge in [0.25, 0.3) is 0 Å². The van der Waals surface area contributed by atoms with E-state index in [0.29, 0.717) is 19.8 Å². The number of rotatable bonds is 5. The van der Waals surface area contributed by atoms with Gasteiger partial charge in [-0.3, -0.25) is 0 Å². The van der Waals surface area contributed by atoms with Crippen LogP contribution in [0.15, 0.2) is 10.6 Å². The topological polar surface area (TPSA) is 61.3 Å². The zero-order valence-electron chi connectivity index (χ0n) is 7.25. The molecule has 4 nitrogen and oxygen atoms in total. The second kappa shape index (κ2) is 4.90. The zero-order chi connectivity index (χ0) is 8.81. The molecule has 0 atom stereocenters. The van der Waals surface area contributed by atoms with Gasteiger partial charge in [-0.15, -0.1) is 0 Å². The Labute approximate surface area is 71.7 Å². The van der Waals surface area contributed by atoms with Crippen LogP contribution in [0.1, 0.15) is 17.9 Å². The van der Waals surface area contributed by atoms with Crippen LogP contribution in [-0.2, 0) is 11.3 Å². The Kier molecular flexibility index (Phi) is 3.76. The zero-order valence-corrected chi connectivity index (χ0v) is 7.25. The van der Waals surface area contributed by atoms with Gasteiger partial charge in [-0.2, -0.15) is 0 Å². The predicted molar refractivity (Wildman–Crippen MR) is 44.6 cm³/mol. The summed E-state index contributed by atoms with van der Waals surface area (Å²) in [5.41, 5.74) is 6.14. The van der Waals surface area contributed by atoms with E-state index in [2.05, 4.69) is 5.16 Å². The predicted octanol–water partition coefficient (Wildman–Crippen LogP) is 0.848. The second-order valence-electron chi connectivity index (χ2n) is 2.62. The molecule has 1 aromatic heterocycles. The van der Waals surface area contributed by atoms with Crippen molar-refractivity contribution in [3.8, 4) is 0 Å². The summed E-state index contributed by atoms with van der Waals surface area (Å²) >= 11 is 0. The molecule has 0 bridgehead atoms. The molecular formula is C8H14N2O2. The molecule has 0 aliphatic rings. The highest BCUT2D eigenvalue weighted by Crippen LogP contribution is 2.02. The second-order valence-corrected chi connectivity index (χ2v) is 2.62. The number of hydrogen-bond donors (Lipinski definition) is 1. The van der Waals surface area contributed by atoms with E-state index in [1.165, 1.54) is 0 Å². The molecule has 0 spiro atoms. The number of aromatic nitrogens is 1. The van der Waals surface area contributed by atoms with Gasteiger partial charge in [0, 0.05) is 12.7 Å². The molecular weight excluding hydrogens is 156 g/mol. The molecule has 0 saturated heterocycles. The minimum absolute atomic E-state index is 0.511. The van der Waals surface area contributed by atoms with E-state index in [4.69, 9.17) is 15.0 Å².